The molecule has 2 heterocycles. The number of rotatable bonds is 9. The summed E-state index contributed by atoms with van der Waals surface area (Å²) in [5.41, 5.74) is 1.33. The van der Waals surface area contributed by atoms with Crippen LogP contribution in [0.1, 0.15) is 12.5 Å². The third-order valence-corrected chi connectivity index (χ3v) is 6.67. The summed E-state index contributed by atoms with van der Waals surface area (Å²) in [4.78, 5) is 51.0. The minimum atomic E-state index is -0.806. The molecule has 35 heavy (non-hydrogen) atoms. The number of hydrogen-bond acceptors (Lipinski definition) is 8. The van der Waals surface area contributed by atoms with Gasteiger partial charge in [0.05, 0.1) is 0 Å². The van der Waals surface area contributed by atoms with Gasteiger partial charge in [0.15, 0.2) is 6.61 Å². The number of carbonyl (C=O) groups excluding carboxylic acids is 4. The second-order valence-corrected chi connectivity index (χ2v) is 8.96. The van der Waals surface area contributed by atoms with Gasteiger partial charge in [-0.2, -0.15) is 0 Å². The molecule has 2 aromatic rings. The van der Waals surface area contributed by atoms with E-state index in [4.69, 9.17) is 14.2 Å². The molecule has 2 aromatic carbocycles. The van der Waals surface area contributed by atoms with Crippen LogP contribution in [0.3, 0.4) is 0 Å². The van der Waals surface area contributed by atoms with Crippen molar-refractivity contribution in [2.24, 2.45) is 0 Å². The van der Waals surface area contributed by atoms with Gasteiger partial charge in [-0.1, -0.05) is 48.5 Å². The molecule has 0 unspecified atom stereocenters. The molecule has 9 nitrogen and oxygen atoms in total. The van der Waals surface area contributed by atoms with E-state index in [9.17, 15) is 19.2 Å². The summed E-state index contributed by atoms with van der Waals surface area (Å²) in [7, 11) is 0. The van der Waals surface area contributed by atoms with Crippen LogP contribution in [-0.2, 0) is 35.3 Å². The minimum absolute atomic E-state index is 0.0286. The Morgan fingerprint density at radius 2 is 1.69 bits per heavy atom. The Balaban J connectivity index is 1.43. The number of para-hydroxylation sites is 1. The summed E-state index contributed by atoms with van der Waals surface area (Å²) < 4.78 is 16.0. The Labute approximate surface area is 206 Å². The largest absolute Gasteiger partial charge is 0.484 e. The Morgan fingerprint density at radius 3 is 2.37 bits per heavy atom. The zero-order valence-electron chi connectivity index (χ0n) is 19.0. The summed E-state index contributed by atoms with van der Waals surface area (Å²) >= 11 is 1.37. The molecule has 2 atom stereocenters. The summed E-state index contributed by atoms with van der Waals surface area (Å²) in [6, 6.07) is 17.2. The van der Waals surface area contributed by atoms with E-state index in [0.717, 1.165) is 5.56 Å². The van der Waals surface area contributed by atoms with Crippen LogP contribution in [0, 0.1) is 0 Å². The Hall–Kier alpha value is -3.79. The quantitative estimate of drug-likeness (QED) is 0.415. The lowest BCUT2D eigenvalue weighted by molar-refractivity contribution is -0.154. The SMILES string of the molecule is CC(=O)OCC1=C(C(=O)OCc2ccccc2)N2C(=O)[C@@H](NC(=O)COc3ccccc3)[C@H]2SC1. The molecule has 182 valence electrons. The van der Waals surface area contributed by atoms with Crippen molar-refractivity contribution in [2.75, 3.05) is 19.0 Å². The first-order chi connectivity index (χ1) is 16.9. The highest BCUT2D eigenvalue weighted by Gasteiger charge is 2.54. The van der Waals surface area contributed by atoms with Gasteiger partial charge in [-0.15, -0.1) is 11.8 Å². The predicted molar refractivity (Wildman–Crippen MR) is 127 cm³/mol. The predicted octanol–water partition coefficient (Wildman–Crippen LogP) is 2.03. The van der Waals surface area contributed by atoms with Gasteiger partial charge in [0.25, 0.3) is 11.8 Å². The smallest absolute Gasteiger partial charge is 0.355 e. The average Bonchev–Trinajstić information content (AvgIpc) is 2.88. The second-order valence-electron chi connectivity index (χ2n) is 7.85. The molecule has 0 aromatic heterocycles. The molecule has 0 radical (unpaired) electrons. The van der Waals surface area contributed by atoms with Crippen molar-refractivity contribution in [3.63, 3.8) is 0 Å². The van der Waals surface area contributed by atoms with Gasteiger partial charge in [0, 0.05) is 18.2 Å². The van der Waals surface area contributed by atoms with Crippen molar-refractivity contribution in [3.05, 3.63) is 77.5 Å². The van der Waals surface area contributed by atoms with E-state index in [1.165, 1.54) is 23.6 Å². The van der Waals surface area contributed by atoms with E-state index in [1.54, 1.807) is 24.3 Å². The van der Waals surface area contributed by atoms with Crippen LogP contribution in [0.4, 0.5) is 0 Å². The minimum Gasteiger partial charge on any atom is -0.484 e. The first-order valence-electron chi connectivity index (χ1n) is 10.9. The van der Waals surface area contributed by atoms with E-state index in [2.05, 4.69) is 5.32 Å². The number of thioether (sulfide) groups is 1. The molecule has 1 saturated heterocycles. The van der Waals surface area contributed by atoms with E-state index in [0.29, 0.717) is 17.1 Å². The fourth-order valence-electron chi connectivity index (χ4n) is 3.64. The highest BCUT2D eigenvalue weighted by molar-refractivity contribution is 8.00. The van der Waals surface area contributed by atoms with Gasteiger partial charge in [0.1, 0.15) is 36.1 Å². The number of hydrogen-bond donors (Lipinski definition) is 1. The fraction of sp³-hybridized carbons (Fsp3) is 0.280. The van der Waals surface area contributed by atoms with Crippen LogP contribution in [0.2, 0.25) is 0 Å². The van der Waals surface area contributed by atoms with E-state index >= 15 is 0 Å². The van der Waals surface area contributed by atoms with Crippen molar-refractivity contribution >= 4 is 35.5 Å². The molecular weight excluding hydrogens is 472 g/mol. The zero-order chi connectivity index (χ0) is 24.8. The molecule has 1 N–H and O–H groups in total. The van der Waals surface area contributed by atoms with Gasteiger partial charge in [0.2, 0.25) is 0 Å². The molecule has 2 aliphatic heterocycles. The normalized spacial score (nSPS) is 18.8. The van der Waals surface area contributed by atoms with Crippen molar-refractivity contribution < 1.29 is 33.4 Å². The zero-order valence-corrected chi connectivity index (χ0v) is 19.8. The number of nitrogens with one attached hydrogen (secondary N) is 1. The number of β-lactam (4-membered cyclic amide) rings is 1. The summed E-state index contributed by atoms with van der Waals surface area (Å²) in [5, 5.41) is 2.20. The molecule has 2 aliphatic rings. The molecular formula is C25H24N2O7S. The van der Waals surface area contributed by atoms with E-state index in [-0.39, 0.29) is 25.5 Å². The maximum absolute atomic E-state index is 13.0. The maximum atomic E-state index is 13.0. The third-order valence-electron chi connectivity index (χ3n) is 5.33. The van der Waals surface area contributed by atoms with Gasteiger partial charge in [-0.25, -0.2) is 4.79 Å². The molecule has 4 rings (SSSR count). The van der Waals surface area contributed by atoms with E-state index in [1.807, 2.05) is 36.4 Å². The molecule has 10 heteroatoms. The average molecular weight is 497 g/mol. The number of esters is 2. The van der Waals surface area contributed by atoms with E-state index < -0.39 is 35.2 Å². The molecule has 0 spiro atoms. The highest BCUT2D eigenvalue weighted by atomic mass is 32.2. The topological polar surface area (TPSA) is 111 Å². The highest BCUT2D eigenvalue weighted by Crippen LogP contribution is 2.40. The standard InChI is InChI=1S/C25H24N2O7S/c1-16(28)32-13-18-15-35-24-21(26-20(29)14-33-19-10-6-3-7-11-19)23(30)27(24)22(18)25(31)34-12-17-8-4-2-5-9-17/h2-11,21,24H,12-15H2,1H3,(H,26,29)/t21-,24-/m1/s1. The molecule has 1 fully saturated rings. The van der Waals surface area contributed by atoms with Gasteiger partial charge < -0.3 is 19.5 Å². The molecule has 2 amide bonds. The van der Waals surface area contributed by atoms with Crippen LogP contribution < -0.4 is 10.1 Å². The van der Waals surface area contributed by atoms with Crippen LogP contribution in [0.5, 0.6) is 5.75 Å². The van der Waals surface area contributed by atoms with Crippen LogP contribution >= 0.6 is 11.8 Å². The van der Waals surface area contributed by atoms with Crippen molar-refractivity contribution in [3.8, 4) is 5.75 Å². The second kappa shape index (κ2) is 11.1. The monoisotopic (exact) mass is 496 g/mol. The number of carbonyl (C=O) groups is 4. The van der Waals surface area contributed by atoms with Crippen LogP contribution in [-0.4, -0.2) is 59.0 Å². The van der Waals surface area contributed by atoms with Gasteiger partial charge in [-0.05, 0) is 17.7 Å². The molecule has 0 saturated carbocycles. The molecule has 0 bridgehead atoms. The summed E-state index contributed by atoms with van der Waals surface area (Å²) in [6.07, 6.45) is 0. The number of benzene rings is 2. The van der Waals surface area contributed by atoms with Crippen LogP contribution in [0.25, 0.3) is 0 Å². The lowest BCUT2D eigenvalue weighted by Crippen LogP contribution is -2.71. The first kappa shape index (κ1) is 24.3. The van der Waals surface area contributed by atoms with Crippen molar-refractivity contribution in [1.29, 1.82) is 0 Å². The third kappa shape index (κ3) is 5.83. The number of fused-ring (bicyclic) bond motifs is 1. The first-order valence-corrected chi connectivity index (χ1v) is 12.0. The lowest BCUT2D eigenvalue weighted by Gasteiger charge is -2.49. The Bertz CT molecular complexity index is 1140. The Kier molecular flexibility index (Phi) is 7.71. The number of nitrogens with zero attached hydrogens (tertiary/aromatic N) is 1. The Morgan fingerprint density at radius 1 is 1.00 bits per heavy atom. The maximum Gasteiger partial charge on any atom is 0.355 e. The van der Waals surface area contributed by atoms with Crippen LogP contribution in [0.15, 0.2) is 71.9 Å². The lowest BCUT2D eigenvalue weighted by atomic mass is 10.0. The number of ether oxygens (including phenoxy) is 3. The summed E-state index contributed by atoms with van der Waals surface area (Å²) in [5.74, 6) is -1.20. The number of amides is 2. The van der Waals surface area contributed by atoms with Crippen molar-refractivity contribution in [1.82, 2.24) is 10.2 Å². The summed E-state index contributed by atoms with van der Waals surface area (Å²) in [6.45, 7) is 0.923. The van der Waals surface area contributed by atoms with Gasteiger partial charge >= 0.3 is 11.9 Å². The van der Waals surface area contributed by atoms with Crippen molar-refractivity contribution in [2.45, 2.75) is 24.9 Å². The fourth-order valence-corrected chi connectivity index (χ4v) is 4.97. The molecule has 0 aliphatic carbocycles. The van der Waals surface area contributed by atoms with Gasteiger partial charge in [-0.3, -0.25) is 19.3 Å².